The fraction of sp³-hybridized carbons (Fsp3) is 0.586. The van der Waals surface area contributed by atoms with Crippen LogP contribution >= 0.6 is 0 Å². The summed E-state index contributed by atoms with van der Waals surface area (Å²) < 4.78 is 6.12. The van der Waals surface area contributed by atoms with Crippen molar-refractivity contribution >= 4 is 5.71 Å². The summed E-state index contributed by atoms with van der Waals surface area (Å²) in [7, 11) is 0. The molecule has 3 heteroatoms. The van der Waals surface area contributed by atoms with Crippen LogP contribution in [0.1, 0.15) is 82.8 Å². The summed E-state index contributed by atoms with van der Waals surface area (Å²) in [4.78, 5) is 9.97. The Morgan fingerprint density at radius 3 is 2.41 bits per heavy atom. The molecular weight excluding hydrogens is 392 g/mol. The monoisotopic (exact) mass is 428 g/mol. The molecule has 4 aliphatic rings. The molecule has 1 aromatic heterocycles. The van der Waals surface area contributed by atoms with Crippen LogP contribution in [0.15, 0.2) is 47.7 Å². The molecule has 0 radical (unpaired) electrons. The SMILES string of the molecule is C[C@@H]1CC(C23CC2c2cc(-c4ccncc4)ccc2C(C2CCCC[C@@H]2C)=N3)C[C@H](C)O1. The molecule has 4 unspecified atom stereocenters. The highest BCUT2D eigenvalue weighted by Gasteiger charge is 2.63. The van der Waals surface area contributed by atoms with Gasteiger partial charge in [0.05, 0.1) is 17.7 Å². The van der Waals surface area contributed by atoms with Crippen molar-refractivity contribution in [3.05, 3.63) is 53.9 Å². The van der Waals surface area contributed by atoms with Crippen LogP contribution < -0.4 is 0 Å². The Hall–Kier alpha value is -2.00. The third-order valence-corrected chi connectivity index (χ3v) is 8.89. The Morgan fingerprint density at radius 2 is 1.66 bits per heavy atom. The Bertz CT molecular complexity index is 1020. The Kier molecular flexibility index (Phi) is 5.02. The molecule has 7 atom stereocenters. The molecule has 0 N–H and O–H groups in total. The molecule has 32 heavy (non-hydrogen) atoms. The maximum absolute atomic E-state index is 6.12. The van der Waals surface area contributed by atoms with Gasteiger partial charge in [0.1, 0.15) is 0 Å². The van der Waals surface area contributed by atoms with Crippen LogP contribution in [0.4, 0.5) is 0 Å². The highest BCUT2D eigenvalue weighted by atomic mass is 16.5. The van der Waals surface area contributed by atoms with Gasteiger partial charge in [-0.2, -0.15) is 0 Å². The second-order valence-corrected chi connectivity index (χ2v) is 11.1. The van der Waals surface area contributed by atoms with E-state index >= 15 is 0 Å². The minimum absolute atomic E-state index is 0.114. The first-order valence-corrected chi connectivity index (χ1v) is 12.8. The second kappa shape index (κ2) is 7.80. The van der Waals surface area contributed by atoms with Crippen molar-refractivity contribution in [3.8, 4) is 11.1 Å². The molecule has 2 aliphatic carbocycles. The minimum atomic E-state index is 0.114. The summed E-state index contributed by atoms with van der Waals surface area (Å²) in [6, 6.07) is 11.5. The topological polar surface area (TPSA) is 34.5 Å². The maximum Gasteiger partial charge on any atom is 0.0717 e. The normalized spacial score (nSPS) is 38.4. The highest BCUT2D eigenvalue weighted by Crippen LogP contribution is 2.65. The number of aliphatic imine (C=N–C) groups is 1. The van der Waals surface area contributed by atoms with E-state index in [0.29, 0.717) is 30.0 Å². The van der Waals surface area contributed by atoms with Crippen molar-refractivity contribution in [1.82, 2.24) is 4.98 Å². The Balaban J connectivity index is 1.45. The van der Waals surface area contributed by atoms with E-state index in [2.05, 4.69) is 56.1 Å². The summed E-state index contributed by atoms with van der Waals surface area (Å²) >= 11 is 0. The van der Waals surface area contributed by atoms with Crippen molar-refractivity contribution in [3.63, 3.8) is 0 Å². The number of rotatable bonds is 3. The predicted molar refractivity (Wildman–Crippen MR) is 130 cm³/mol. The van der Waals surface area contributed by atoms with Crippen LogP contribution in [0, 0.1) is 17.8 Å². The van der Waals surface area contributed by atoms with Crippen molar-refractivity contribution in [2.24, 2.45) is 22.7 Å². The van der Waals surface area contributed by atoms with Gasteiger partial charge >= 0.3 is 0 Å². The zero-order valence-electron chi connectivity index (χ0n) is 19.8. The van der Waals surface area contributed by atoms with E-state index in [1.807, 2.05) is 12.4 Å². The summed E-state index contributed by atoms with van der Waals surface area (Å²) in [5.41, 5.74) is 7.15. The Labute approximate surface area is 192 Å². The fourth-order valence-electron chi connectivity index (χ4n) is 7.22. The summed E-state index contributed by atoms with van der Waals surface area (Å²) in [5, 5.41) is 0. The number of aromatic nitrogens is 1. The third kappa shape index (κ3) is 3.36. The first-order chi connectivity index (χ1) is 15.5. The zero-order chi connectivity index (χ0) is 21.9. The van der Waals surface area contributed by atoms with Gasteiger partial charge in [0.25, 0.3) is 0 Å². The lowest BCUT2D eigenvalue weighted by molar-refractivity contribution is -0.0589. The van der Waals surface area contributed by atoms with E-state index in [1.165, 1.54) is 54.5 Å². The number of fused-ring (bicyclic) bond motifs is 3. The molecule has 0 spiro atoms. The molecule has 2 saturated carbocycles. The lowest BCUT2D eigenvalue weighted by Crippen LogP contribution is -2.40. The fourth-order valence-corrected chi connectivity index (χ4v) is 7.22. The maximum atomic E-state index is 6.12. The standard InChI is InChI=1S/C29H36N2O/c1-18-6-4-5-7-24(18)28-25-9-8-22(21-10-12-30-13-11-21)16-26(25)27-17-29(27,31-28)23-14-19(2)32-20(3)15-23/h8-13,16,18-20,23-24,27H,4-7,14-15,17H2,1-3H3/t18-,19-,20+,23?,24?,27?,29?/m0/s1. The molecular formula is C29H36N2O. The number of ether oxygens (including phenoxy) is 1. The van der Waals surface area contributed by atoms with Gasteiger partial charge in [-0.1, -0.05) is 44.4 Å². The van der Waals surface area contributed by atoms with Crippen LogP contribution in [-0.4, -0.2) is 28.4 Å². The molecule has 1 saturated heterocycles. The van der Waals surface area contributed by atoms with Crippen LogP contribution in [0.2, 0.25) is 0 Å². The van der Waals surface area contributed by atoms with Crippen molar-refractivity contribution < 1.29 is 4.74 Å². The molecule has 2 aliphatic heterocycles. The first kappa shape index (κ1) is 20.6. The van der Waals surface area contributed by atoms with E-state index in [0.717, 1.165) is 18.8 Å². The van der Waals surface area contributed by atoms with E-state index < -0.39 is 0 Å². The second-order valence-electron chi connectivity index (χ2n) is 11.1. The smallest absolute Gasteiger partial charge is 0.0717 e. The molecule has 3 nitrogen and oxygen atoms in total. The van der Waals surface area contributed by atoms with E-state index in [-0.39, 0.29) is 5.54 Å². The molecule has 1 aromatic carbocycles. The molecule has 3 heterocycles. The van der Waals surface area contributed by atoms with Crippen LogP contribution in [0.25, 0.3) is 11.1 Å². The molecule has 0 amide bonds. The summed E-state index contributed by atoms with van der Waals surface area (Å²) in [5.74, 6) is 2.56. The number of benzene rings is 1. The number of pyridine rings is 1. The van der Waals surface area contributed by atoms with E-state index in [1.54, 1.807) is 5.56 Å². The van der Waals surface area contributed by atoms with E-state index in [9.17, 15) is 0 Å². The average molecular weight is 429 g/mol. The molecule has 168 valence electrons. The van der Waals surface area contributed by atoms with Gasteiger partial charge in [0.2, 0.25) is 0 Å². The van der Waals surface area contributed by atoms with Crippen molar-refractivity contribution in [2.75, 3.05) is 0 Å². The number of hydrogen-bond donors (Lipinski definition) is 0. The van der Waals surface area contributed by atoms with Gasteiger partial charge in [0.15, 0.2) is 0 Å². The summed E-state index contributed by atoms with van der Waals surface area (Å²) in [6.45, 7) is 6.97. The van der Waals surface area contributed by atoms with Gasteiger partial charge in [-0.05, 0) is 85.8 Å². The number of hydrogen-bond acceptors (Lipinski definition) is 3. The molecule has 6 rings (SSSR count). The van der Waals surface area contributed by atoms with Crippen LogP contribution in [0.3, 0.4) is 0 Å². The lowest BCUT2D eigenvalue weighted by Gasteiger charge is -2.40. The minimum Gasteiger partial charge on any atom is -0.376 e. The average Bonchev–Trinajstić information content (AvgIpc) is 3.55. The van der Waals surface area contributed by atoms with Gasteiger partial charge < -0.3 is 4.74 Å². The highest BCUT2D eigenvalue weighted by molar-refractivity contribution is 6.06. The quantitative estimate of drug-likeness (QED) is 0.538. The van der Waals surface area contributed by atoms with Crippen molar-refractivity contribution in [2.45, 2.75) is 89.4 Å². The molecule has 2 aromatic rings. The first-order valence-electron chi connectivity index (χ1n) is 12.8. The van der Waals surface area contributed by atoms with Crippen molar-refractivity contribution in [1.29, 1.82) is 0 Å². The van der Waals surface area contributed by atoms with Crippen LogP contribution in [0.5, 0.6) is 0 Å². The third-order valence-electron chi connectivity index (χ3n) is 8.89. The zero-order valence-corrected chi connectivity index (χ0v) is 19.8. The molecule has 0 bridgehead atoms. The summed E-state index contributed by atoms with van der Waals surface area (Å²) in [6.07, 6.45) is 13.4. The van der Waals surface area contributed by atoms with Gasteiger partial charge in [0, 0.05) is 29.9 Å². The Morgan fingerprint density at radius 1 is 0.906 bits per heavy atom. The predicted octanol–water partition coefficient (Wildman–Crippen LogP) is 6.81. The van der Waals surface area contributed by atoms with Gasteiger partial charge in [-0.15, -0.1) is 0 Å². The van der Waals surface area contributed by atoms with E-state index in [4.69, 9.17) is 9.73 Å². The number of nitrogens with zero attached hydrogens (tertiary/aromatic N) is 2. The van der Waals surface area contributed by atoms with Crippen LogP contribution in [-0.2, 0) is 4.74 Å². The largest absolute Gasteiger partial charge is 0.376 e. The lowest BCUT2D eigenvalue weighted by atomic mass is 9.72. The van der Waals surface area contributed by atoms with Gasteiger partial charge in [-0.25, -0.2) is 0 Å². The van der Waals surface area contributed by atoms with Gasteiger partial charge in [-0.3, -0.25) is 9.98 Å². The molecule has 3 fully saturated rings.